The summed E-state index contributed by atoms with van der Waals surface area (Å²) in [6.45, 7) is 5.59. The van der Waals surface area contributed by atoms with E-state index in [4.69, 9.17) is 9.47 Å². The second-order valence-electron chi connectivity index (χ2n) is 8.20. The van der Waals surface area contributed by atoms with Crippen molar-refractivity contribution in [3.8, 4) is 11.1 Å². The normalized spacial score (nSPS) is 13.6. The molecule has 7 heteroatoms. The van der Waals surface area contributed by atoms with E-state index >= 15 is 0 Å². The van der Waals surface area contributed by atoms with Crippen LogP contribution in [0.5, 0.6) is 0 Å². The maximum absolute atomic E-state index is 12.6. The largest absolute Gasteiger partial charge is 0.481 e. The molecule has 3 rings (SSSR count). The molecule has 0 aliphatic heterocycles. The summed E-state index contributed by atoms with van der Waals surface area (Å²) in [6, 6.07) is 14.6. The van der Waals surface area contributed by atoms with Gasteiger partial charge in [-0.25, -0.2) is 9.59 Å². The van der Waals surface area contributed by atoms with Gasteiger partial charge in [0.15, 0.2) is 0 Å². The summed E-state index contributed by atoms with van der Waals surface area (Å²) in [5, 5.41) is 11.6. The molecule has 1 amide bonds. The number of carboxylic acids is 1. The van der Waals surface area contributed by atoms with Crippen molar-refractivity contribution in [1.29, 1.82) is 0 Å². The summed E-state index contributed by atoms with van der Waals surface area (Å²) in [6.07, 6.45) is -0.309. The number of aliphatic carboxylic acids is 1. The lowest BCUT2D eigenvalue weighted by molar-refractivity contribution is -0.163. The molecule has 1 atom stereocenters. The monoisotopic (exact) mass is 439 g/mol. The number of esters is 1. The second kappa shape index (κ2) is 9.85. The molecule has 0 bridgehead atoms. The predicted octanol–water partition coefficient (Wildman–Crippen LogP) is 4.49. The van der Waals surface area contributed by atoms with E-state index in [0.717, 1.165) is 22.3 Å². The van der Waals surface area contributed by atoms with Crippen LogP contribution in [0.15, 0.2) is 48.5 Å². The lowest BCUT2D eigenvalue weighted by atomic mass is 9.98. The minimum absolute atomic E-state index is 0.0658. The first-order valence-corrected chi connectivity index (χ1v) is 10.8. The first kappa shape index (κ1) is 23.3. The molecule has 2 aromatic carbocycles. The molecule has 170 valence electrons. The fraction of sp³-hybridized carbons (Fsp3) is 0.400. The van der Waals surface area contributed by atoms with Gasteiger partial charge in [-0.3, -0.25) is 4.79 Å². The predicted molar refractivity (Wildman–Crippen MR) is 119 cm³/mol. The third-order valence-electron chi connectivity index (χ3n) is 6.14. The van der Waals surface area contributed by atoms with Crippen LogP contribution in [0.2, 0.25) is 0 Å². The number of carboxylic acid groups (broad SMARTS) is 1. The van der Waals surface area contributed by atoms with Gasteiger partial charge in [-0.05, 0) is 42.0 Å². The van der Waals surface area contributed by atoms with E-state index < -0.39 is 36.1 Å². The van der Waals surface area contributed by atoms with Crippen LogP contribution in [0, 0.1) is 0 Å². The Kier molecular flexibility index (Phi) is 7.18. The average molecular weight is 440 g/mol. The number of rotatable bonds is 9. The van der Waals surface area contributed by atoms with Crippen molar-refractivity contribution in [2.24, 2.45) is 0 Å². The van der Waals surface area contributed by atoms with Crippen molar-refractivity contribution in [1.82, 2.24) is 5.32 Å². The number of ether oxygens (including phenoxy) is 2. The zero-order chi connectivity index (χ0) is 23.3. The third kappa shape index (κ3) is 5.10. The molecule has 0 heterocycles. The first-order chi connectivity index (χ1) is 15.3. The van der Waals surface area contributed by atoms with E-state index in [1.807, 2.05) is 62.4 Å². The fourth-order valence-electron chi connectivity index (χ4n) is 3.86. The van der Waals surface area contributed by atoms with Gasteiger partial charge in [0.1, 0.15) is 18.2 Å². The van der Waals surface area contributed by atoms with Crippen LogP contribution >= 0.6 is 0 Å². The van der Waals surface area contributed by atoms with Crippen LogP contribution in [0.25, 0.3) is 11.1 Å². The molecule has 2 aromatic rings. The molecular weight excluding hydrogens is 410 g/mol. The van der Waals surface area contributed by atoms with Gasteiger partial charge in [-0.2, -0.15) is 0 Å². The van der Waals surface area contributed by atoms with Crippen LogP contribution in [0.4, 0.5) is 4.79 Å². The summed E-state index contributed by atoms with van der Waals surface area (Å²) >= 11 is 0. The number of hydrogen-bond acceptors (Lipinski definition) is 5. The highest BCUT2D eigenvalue weighted by Gasteiger charge is 2.33. The topological polar surface area (TPSA) is 102 Å². The SMILES string of the molecule is CCC(C)(CC)OC(=O)[C@@H](CC(=O)O)NC(=O)OCC1c2ccccc2-c2ccccc21. The van der Waals surface area contributed by atoms with E-state index in [-0.39, 0.29) is 12.5 Å². The van der Waals surface area contributed by atoms with Crippen molar-refractivity contribution in [2.75, 3.05) is 6.61 Å². The van der Waals surface area contributed by atoms with E-state index in [1.165, 1.54) is 0 Å². The van der Waals surface area contributed by atoms with Crippen LogP contribution in [0.3, 0.4) is 0 Å². The molecule has 0 saturated carbocycles. The molecule has 0 saturated heterocycles. The average Bonchev–Trinajstić information content (AvgIpc) is 3.10. The molecule has 0 radical (unpaired) electrons. The highest BCUT2D eigenvalue weighted by molar-refractivity contribution is 5.86. The van der Waals surface area contributed by atoms with Crippen LogP contribution < -0.4 is 5.32 Å². The zero-order valence-electron chi connectivity index (χ0n) is 18.6. The van der Waals surface area contributed by atoms with E-state index in [2.05, 4.69) is 5.32 Å². The molecule has 1 aliphatic rings. The van der Waals surface area contributed by atoms with E-state index in [0.29, 0.717) is 12.8 Å². The summed E-state index contributed by atoms with van der Waals surface area (Å²) in [5.41, 5.74) is 3.59. The number of alkyl carbamates (subject to hydrolysis) is 1. The van der Waals surface area contributed by atoms with Crippen molar-refractivity contribution in [2.45, 2.75) is 57.6 Å². The van der Waals surface area contributed by atoms with Gasteiger partial charge in [0.05, 0.1) is 6.42 Å². The van der Waals surface area contributed by atoms with Gasteiger partial charge in [0.2, 0.25) is 0 Å². The van der Waals surface area contributed by atoms with Gasteiger partial charge in [0.25, 0.3) is 0 Å². The molecule has 32 heavy (non-hydrogen) atoms. The first-order valence-electron chi connectivity index (χ1n) is 10.8. The maximum Gasteiger partial charge on any atom is 0.407 e. The van der Waals surface area contributed by atoms with Gasteiger partial charge in [-0.15, -0.1) is 0 Å². The highest BCUT2D eigenvalue weighted by atomic mass is 16.6. The summed E-state index contributed by atoms with van der Waals surface area (Å²) in [5.74, 6) is -2.14. The minimum atomic E-state index is -1.33. The molecule has 0 fully saturated rings. The number of carbonyl (C=O) groups is 3. The molecule has 2 N–H and O–H groups in total. The molecular formula is C25H29NO6. The maximum atomic E-state index is 12.6. The molecule has 0 aromatic heterocycles. The highest BCUT2D eigenvalue weighted by Crippen LogP contribution is 2.44. The Bertz CT molecular complexity index is 952. The Balaban J connectivity index is 1.68. The molecule has 1 aliphatic carbocycles. The molecule has 0 spiro atoms. The van der Waals surface area contributed by atoms with Crippen LogP contribution in [0.1, 0.15) is 57.1 Å². The van der Waals surface area contributed by atoms with Crippen molar-refractivity contribution in [3.63, 3.8) is 0 Å². The summed E-state index contributed by atoms with van der Waals surface area (Å²) in [4.78, 5) is 36.3. The third-order valence-corrected chi connectivity index (χ3v) is 6.14. The fourth-order valence-corrected chi connectivity index (χ4v) is 3.86. The lowest BCUT2D eigenvalue weighted by Crippen LogP contribution is -2.46. The van der Waals surface area contributed by atoms with Crippen molar-refractivity contribution >= 4 is 18.0 Å². The number of benzene rings is 2. The number of amides is 1. The second-order valence-corrected chi connectivity index (χ2v) is 8.20. The van der Waals surface area contributed by atoms with Crippen molar-refractivity contribution in [3.05, 3.63) is 59.7 Å². The Labute approximate surface area is 187 Å². The van der Waals surface area contributed by atoms with Gasteiger partial charge in [-0.1, -0.05) is 62.4 Å². The minimum Gasteiger partial charge on any atom is -0.481 e. The van der Waals surface area contributed by atoms with Gasteiger partial charge < -0.3 is 19.9 Å². The number of nitrogens with one attached hydrogen (secondary N) is 1. The Morgan fingerprint density at radius 3 is 2.03 bits per heavy atom. The van der Waals surface area contributed by atoms with E-state index in [1.54, 1.807) is 6.92 Å². The Hall–Kier alpha value is -3.35. The smallest absolute Gasteiger partial charge is 0.407 e. The Morgan fingerprint density at radius 2 is 1.53 bits per heavy atom. The van der Waals surface area contributed by atoms with Crippen molar-refractivity contribution < 1.29 is 29.0 Å². The summed E-state index contributed by atoms with van der Waals surface area (Å²) < 4.78 is 10.9. The zero-order valence-corrected chi connectivity index (χ0v) is 18.6. The number of fused-ring (bicyclic) bond motifs is 3. The summed E-state index contributed by atoms with van der Waals surface area (Å²) in [7, 11) is 0. The van der Waals surface area contributed by atoms with Crippen LogP contribution in [-0.4, -0.2) is 41.4 Å². The standard InChI is InChI=1S/C25H29NO6/c1-4-25(3,5-2)32-23(29)21(14-22(27)28)26-24(30)31-15-20-18-12-8-6-10-16(18)17-11-7-9-13-19(17)20/h6-13,20-21H,4-5,14-15H2,1-3H3,(H,26,30)(H,27,28)/t21-/m1/s1. The number of carbonyl (C=O) groups excluding carboxylic acids is 2. The van der Waals surface area contributed by atoms with E-state index in [9.17, 15) is 19.5 Å². The molecule has 7 nitrogen and oxygen atoms in total. The van der Waals surface area contributed by atoms with Crippen LogP contribution in [-0.2, 0) is 19.1 Å². The lowest BCUT2D eigenvalue weighted by Gasteiger charge is -2.29. The quantitative estimate of drug-likeness (QED) is 0.558. The molecule has 0 unspecified atom stereocenters. The Morgan fingerprint density at radius 1 is 1.00 bits per heavy atom. The van der Waals surface area contributed by atoms with Gasteiger partial charge in [0, 0.05) is 5.92 Å². The number of hydrogen-bond donors (Lipinski definition) is 2. The van der Waals surface area contributed by atoms with Gasteiger partial charge >= 0.3 is 18.0 Å².